The average Bonchev–Trinajstić information content (AvgIpc) is 2.95. The van der Waals surface area contributed by atoms with E-state index in [2.05, 4.69) is 51.9 Å². The van der Waals surface area contributed by atoms with Crippen LogP contribution in [0.2, 0.25) is 0 Å². The first-order valence-electron chi connectivity index (χ1n) is 7.12. The topological polar surface area (TPSA) is 32.6 Å². The highest BCUT2D eigenvalue weighted by Crippen LogP contribution is 2.26. The number of hydrogen-bond acceptors (Lipinski definition) is 3. The maximum atomic E-state index is 4.36. The minimum atomic E-state index is 0.637. The molecule has 1 aliphatic rings. The van der Waals surface area contributed by atoms with Gasteiger partial charge in [0.05, 0.1) is 0 Å². The maximum Gasteiger partial charge on any atom is 0.138 e. The molecule has 2 aromatic rings. The molecule has 0 spiro atoms. The summed E-state index contributed by atoms with van der Waals surface area (Å²) in [4.78, 5) is 6.78. The van der Waals surface area contributed by atoms with Gasteiger partial charge in [-0.15, -0.1) is 0 Å². The molecular weight excluding hydrogens is 236 g/mol. The minimum absolute atomic E-state index is 0.637. The molecule has 1 N–H and O–H groups in total. The summed E-state index contributed by atoms with van der Waals surface area (Å²) in [6.07, 6.45) is 8.96. The Morgan fingerprint density at radius 1 is 1.26 bits per heavy atom. The zero-order chi connectivity index (χ0) is 13.2. The zero-order valence-electron chi connectivity index (χ0n) is 11.7. The van der Waals surface area contributed by atoms with Gasteiger partial charge in [0, 0.05) is 31.5 Å². The first-order valence-corrected chi connectivity index (χ1v) is 7.12. The van der Waals surface area contributed by atoms with Crippen molar-refractivity contribution in [3.8, 4) is 0 Å². The largest absolute Gasteiger partial charge is 0.358 e. The zero-order valence-corrected chi connectivity index (χ0v) is 11.7. The summed E-state index contributed by atoms with van der Waals surface area (Å²) < 4.78 is 2.17. The molecule has 0 unspecified atom stereocenters. The molecule has 2 aromatic heterocycles. The summed E-state index contributed by atoms with van der Waals surface area (Å²) >= 11 is 0. The highest BCUT2D eigenvalue weighted by Gasteiger charge is 2.24. The summed E-state index contributed by atoms with van der Waals surface area (Å²) in [5.41, 5.74) is 1.02. The summed E-state index contributed by atoms with van der Waals surface area (Å²) in [6.45, 7) is 0. The fourth-order valence-corrected chi connectivity index (χ4v) is 3.16. The fraction of sp³-hybridized carbons (Fsp3) is 0.533. The molecule has 1 aliphatic carbocycles. The monoisotopic (exact) mass is 258 g/mol. The van der Waals surface area contributed by atoms with Crippen LogP contribution in [0.25, 0.3) is 5.65 Å². The van der Waals surface area contributed by atoms with Crippen molar-refractivity contribution in [1.82, 2.24) is 14.7 Å². The van der Waals surface area contributed by atoms with Crippen LogP contribution in [0.5, 0.6) is 0 Å². The molecular formula is C15H22N4. The molecule has 0 saturated heterocycles. The maximum absolute atomic E-state index is 4.36. The van der Waals surface area contributed by atoms with Gasteiger partial charge < -0.3 is 10.2 Å². The van der Waals surface area contributed by atoms with Gasteiger partial charge in [-0.3, -0.25) is 4.40 Å². The van der Waals surface area contributed by atoms with Crippen LogP contribution in [0.1, 0.15) is 25.7 Å². The molecule has 1 fully saturated rings. The first-order chi connectivity index (χ1) is 9.29. The third-order valence-corrected chi connectivity index (χ3v) is 4.42. The lowest BCUT2D eigenvalue weighted by molar-refractivity contribution is 0.350. The lowest BCUT2D eigenvalue weighted by Gasteiger charge is -2.36. The number of fused-ring (bicyclic) bond motifs is 1. The van der Waals surface area contributed by atoms with Gasteiger partial charge in [0.1, 0.15) is 11.5 Å². The number of anilines is 1. The van der Waals surface area contributed by atoms with Gasteiger partial charge in [0.15, 0.2) is 0 Å². The first kappa shape index (κ1) is 12.5. The Balaban J connectivity index is 1.80. The predicted molar refractivity (Wildman–Crippen MR) is 78.7 cm³/mol. The van der Waals surface area contributed by atoms with Gasteiger partial charge >= 0.3 is 0 Å². The van der Waals surface area contributed by atoms with Gasteiger partial charge in [0.2, 0.25) is 0 Å². The Kier molecular flexibility index (Phi) is 3.42. The fourth-order valence-electron chi connectivity index (χ4n) is 3.16. The van der Waals surface area contributed by atoms with E-state index in [0.29, 0.717) is 12.1 Å². The van der Waals surface area contributed by atoms with Crippen LogP contribution in [-0.2, 0) is 0 Å². The summed E-state index contributed by atoms with van der Waals surface area (Å²) in [6, 6.07) is 7.66. The van der Waals surface area contributed by atoms with E-state index in [0.717, 1.165) is 5.65 Å². The van der Waals surface area contributed by atoms with Crippen LogP contribution in [0.15, 0.2) is 30.6 Å². The Hall–Kier alpha value is -1.55. The van der Waals surface area contributed by atoms with E-state index in [9.17, 15) is 0 Å². The number of rotatable bonds is 3. The Bertz CT molecular complexity index is 540. The van der Waals surface area contributed by atoms with Crippen molar-refractivity contribution < 1.29 is 0 Å². The molecule has 102 valence electrons. The third kappa shape index (κ3) is 2.32. The SMILES string of the molecule is CNC1CCC(N(C)c2cccc3nccn23)CC1. The van der Waals surface area contributed by atoms with Crippen LogP contribution in [0, 0.1) is 0 Å². The van der Waals surface area contributed by atoms with Gasteiger partial charge in [-0.1, -0.05) is 6.07 Å². The smallest absolute Gasteiger partial charge is 0.138 e. The van der Waals surface area contributed by atoms with Crippen LogP contribution in [-0.4, -0.2) is 35.6 Å². The van der Waals surface area contributed by atoms with Crippen molar-refractivity contribution in [3.05, 3.63) is 30.6 Å². The Morgan fingerprint density at radius 3 is 2.79 bits per heavy atom. The molecule has 19 heavy (non-hydrogen) atoms. The van der Waals surface area contributed by atoms with Crippen molar-refractivity contribution in [3.63, 3.8) is 0 Å². The van der Waals surface area contributed by atoms with Gasteiger partial charge in [-0.2, -0.15) is 0 Å². The molecule has 0 amide bonds. The molecule has 3 rings (SSSR count). The van der Waals surface area contributed by atoms with E-state index in [-0.39, 0.29) is 0 Å². The van der Waals surface area contributed by atoms with E-state index in [4.69, 9.17) is 0 Å². The Labute approximate surface area is 114 Å². The summed E-state index contributed by atoms with van der Waals surface area (Å²) in [7, 11) is 4.28. The number of nitrogens with one attached hydrogen (secondary N) is 1. The standard InChI is InChI=1S/C15H22N4/c1-16-12-6-8-13(9-7-12)18(2)15-5-3-4-14-17-10-11-19(14)15/h3-5,10-13,16H,6-9H2,1-2H3. The van der Waals surface area contributed by atoms with E-state index in [1.54, 1.807) is 0 Å². The predicted octanol–water partition coefficient (Wildman–Crippen LogP) is 2.30. The molecule has 0 bridgehead atoms. The second kappa shape index (κ2) is 5.21. The Morgan fingerprint density at radius 2 is 2.05 bits per heavy atom. The van der Waals surface area contributed by atoms with E-state index in [1.807, 2.05) is 12.4 Å². The minimum Gasteiger partial charge on any atom is -0.358 e. The molecule has 4 heteroatoms. The van der Waals surface area contributed by atoms with Gasteiger partial charge in [-0.25, -0.2) is 4.98 Å². The molecule has 2 heterocycles. The highest BCUT2D eigenvalue weighted by atomic mass is 15.2. The van der Waals surface area contributed by atoms with E-state index in [1.165, 1.54) is 31.5 Å². The summed E-state index contributed by atoms with van der Waals surface area (Å²) in [5, 5.41) is 3.39. The quantitative estimate of drug-likeness (QED) is 0.917. The number of hydrogen-bond donors (Lipinski definition) is 1. The van der Waals surface area contributed by atoms with Crippen LogP contribution < -0.4 is 10.2 Å². The molecule has 0 radical (unpaired) electrons. The number of pyridine rings is 1. The molecule has 4 nitrogen and oxygen atoms in total. The third-order valence-electron chi connectivity index (χ3n) is 4.42. The van der Waals surface area contributed by atoms with E-state index < -0.39 is 0 Å². The second-order valence-electron chi connectivity index (χ2n) is 5.44. The normalized spacial score (nSPS) is 23.7. The lowest BCUT2D eigenvalue weighted by atomic mass is 9.90. The summed E-state index contributed by atoms with van der Waals surface area (Å²) in [5.74, 6) is 1.24. The number of nitrogens with zero attached hydrogens (tertiary/aromatic N) is 3. The van der Waals surface area contributed by atoms with Crippen LogP contribution >= 0.6 is 0 Å². The van der Waals surface area contributed by atoms with Crippen molar-refractivity contribution in [2.45, 2.75) is 37.8 Å². The molecule has 1 saturated carbocycles. The molecule has 0 aliphatic heterocycles. The van der Waals surface area contributed by atoms with E-state index >= 15 is 0 Å². The van der Waals surface area contributed by atoms with Crippen molar-refractivity contribution in [2.24, 2.45) is 0 Å². The number of aromatic nitrogens is 2. The average molecular weight is 258 g/mol. The number of imidazole rings is 1. The lowest BCUT2D eigenvalue weighted by Crippen LogP contribution is -2.40. The van der Waals surface area contributed by atoms with Crippen LogP contribution in [0.3, 0.4) is 0 Å². The van der Waals surface area contributed by atoms with Gasteiger partial charge in [0.25, 0.3) is 0 Å². The van der Waals surface area contributed by atoms with Crippen molar-refractivity contribution in [2.75, 3.05) is 19.0 Å². The van der Waals surface area contributed by atoms with Gasteiger partial charge in [-0.05, 0) is 44.9 Å². The second-order valence-corrected chi connectivity index (χ2v) is 5.44. The highest BCUT2D eigenvalue weighted by molar-refractivity contribution is 5.51. The molecule has 0 aromatic carbocycles. The van der Waals surface area contributed by atoms with Crippen molar-refractivity contribution in [1.29, 1.82) is 0 Å². The van der Waals surface area contributed by atoms with Crippen LogP contribution in [0.4, 0.5) is 5.82 Å². The molecule has 0 atom stereocenters. The van der Waals surface area contributed by atoms with Crippen molar-refractivity contribution >= 4 is 11.5 Å².